The van der Waals surface area contributed by atoms with Gasteiger partial charge in [-0.3, -0.25) is 10.1 Å². The molecular formula is C18H21N3O5S. The van der Waals surface area contributed by atoms with Crippen molar-refractivity contribution in [3.8, 4) is 5.75 Å². The fraction of sp³-hybridized carbons (Fsp3) is 0.333. The third kappa shape index (κ3) is 3.60. The van der Waals surface area contributed by atoms with Crippen LogP contribution in [0.2, 0.25) is 0 Å². The highest BCUT2D eigenvalue weighted by Crippen LogP contribution is 2.31. The number of rotatable bonds is 5. The Balaban J connectivity index is 1.82. The highest BCUT2D eigenvalue weighted by Gasteiger charge is 2.32. The summed E-state index contributed by atoms with van der Waals surface area (Å²) in [6, 6.07) is 11.7. The number of nitrogens with zero attached hydrogens (tertiary/aromatic N) is 3. The van der Waals surface area contributed by atoms with Gasteiger partial charge in [-0.05, 0) is 25.1 Å². The maximum atomic E-state index is 13.0. The Morgan fingerprint density at radius 3 is 2.33 bits per heavy atom. The van der Waals surface area contributed by atoms with Crippen LogP contribution in [0.1, 0.15) is 5.56 Å². The third-order valence-corrected chi connectivity index (χ3v) is 6.78. The van der Waals surface area contributed by atoms with Gasteiger partial charge in [-0.1, -0.05) is 18.2 Å². The van der Waals surface area contributed by atoms with Crippen LogP contribution < -0.4 is 9.64 Å². The smallest absolute Gasteiger partial charge is 0.273 e. The lowest BCUT2D eigenvalue weighted by molar-refractivity contribution is -0.385. The van der Waals surface area contributed by atoms with E-state index in [4.69, 9.17) is 4.74 Å². The van der Waals surface area contributed by atoms with Gasteiger partial charge in [0.2, 0.25) is 10.0 Å². The number of methoxy groups -OCH3 is 1. The first kappa shape index (κ1) is 19.1. The summed E-state index contributed by atoms with van der Waals surface area (Å²) in [6.45, 7) is 3.07. The number of nitro benzene ring substituents is 1. The predicted octanol–water partition coefficient (Wildman–Crippen LogP) is 2.42. The molecule has 144 valence electrons. The summed E-state index contributed by atoms with van der Waals surface area (Å²) in [6.07, 6.45) is 0. The molecule has 1 fully saturated rings. The van der Waals surface area contributed by atoms with Crippen molar-refractivity contribution in [2.75, 3.05) is 38.2 Å². The molecule has 2 aromatic rings. The zero-order valence-electron chi connectivity index (χ0n) is 15.2. The van der Waals surface area contributed by atoms with E-state index in [0.717, 1.165) is 11.4 Å². The Bertz CT molecular complexity index is 953. The molecule has 0 saturated carbocycles. The largest absolute Gasteiger partial charge is 0.495 e. The molecule has 1 saturated heterocycles. The summed E-state index contributed by atoms with van der Waals surface area (Å²) in [5.74, 6) is 0.739. The molecule has 8 nitrogen and oxygen atoms in total. The van der Waals surface area contributed by atoms with Gasteiger partial charge < -0.3 is 9.64 Å². The molecule has 0 atom stereocenters. The van der Waals surface area contributed by atoms with Crippen molar-refractivity contribution in [1.82, 2.24) is 4.31 Å². The van der Waals surface area contributed by atoms with E-state index in [1.54, 1.807) is 7.11 Å². The lowest BCUT2D eigenvalue weighted by Crippen LogP contribution is -2.48. The molecule has 3 rings (SSSR count). The Kier molecular flexibility index (Phi) is 5.33. The molecule has 0 aromatic heterocycles. The van der Waals surface area contributed by atoms with Gasteiger partial charge >= 0.3 is 0 Å². The van der Waals surface area contributed by atoms with Crippen molar-refractivity contribution in [3.05, 3.63) is 58.1 Å². The van der Waals surface area contributed by atoms with Gasteiger partial charge in [0.15, 0.2) is 0 Å². The van der Waals surface area contributed by atoms with Crippen molar-refractivity contribution < 1.29 is 18.1 Å². The molecular weight excluding hydrogens is 370 g/mol. The van der Waals surface area contributed by atoms with Crippen LogP contribution in [0.15, 0.2) is 47.4 Å². The van der Waals surface area contributed by atoms with E-state index < -0.39 is 14.9 Å². The average molecular weight is 391 g/mol. The number of hydrogen-bond donors (Lipinski definition) is 0. The number of piperazine rings is 1. The molecule has 1 aliphatic rings. The van der Waals surface area contributed by atoms with Gasteiger partial charge in [-0.2, -0.15) is 4.31 Å². The lowest BCUT2D eigenvalue weighted by Gasteiger charge is -2.36. The van der Waals surface area contributed by atoms with E-state index in [1.807, 2.05) is 24.3 Å². The van der Waals surface area contributed by atoms with E-state index in [9.17, 15) is 18.5 Å². The maximum absolute atomic E-state index is 13.0. The number of ether oxygens (including phenoxy) is 1. The van der Waals surface area contributed by atoms with Crippen LogP contribution in [0.3, 0.4) is 0 Å². The van der Waals surface area contributed by atoms with Crippen molar-refractivity contribution >= 4 is 21.4 Å². The molecule has 1 heterocycles. The maximum Gasteiger partial charge on any atom is 0.273 e. The summed E-state index contributed by atoms with van der Waals surface area (Å²) in [7, 11) is -2.20. The Morgan fingerprint density at radius 2 is 1.70 bits per heavy atom. The predicted molar refractivity (Wildman–Crippen MR) is 102 cm³/mol. The van der Waals surface area contributed by atoms with Crippen LogP contribution in [-0.2, 0) is 10.0 Å². The number of sulfonamides is 1. The average Bonchev–Trinajstić information content (AvgIpc) is 2.67. The zero-order chi connectivity index (χ0) is 19.6. The number of benzene rings is 2. The Morgan fingerprint density at radius 1 is 1.04 bits per heavy atom. The van der Waals surface area contributed by atoms with Gasteiger partial charge in [0, 0.05) is 37.8 Å². The first-order valence-electron chi connectivity index (χ1n) is 8.48. The molecule has 9 heteroatoms. The molecule has 27 heavy (non-hydrogen) atoms. The zero-order valence-corrected chi connectivity index (χ0v) is 16.0. The minimum absolute atomic E-state index is 0.0116. The van der Waals surface area contributed by atoms with Crippen LogP contribution in [0, 0.1) is 17.0 Å². The second-order valence-electron chi connectivity index (χ2n) is 6.22. The van der Waals surface area contributed by atoms with Crippen LogP contribution in [0.25, 0.3) is 0 Å². The molecule has 0 bridgehead atoms. The summed E-state index contributed by atoms with van der Waals surface area (Å²) in [5, 5.41) is 11.1. The summed E-state index contributed by atoms with van der Waals surface area (Å²) in [5.41, 5.74) is 0.891. The summed E-state index contributed by atoms with van der Waals surface area (Å²) in [4.78, 5) is 12.6. The number of hydrogen-bond acceptors (Lipinski definition) is 6. The molecule has 0 spiro atoms. The number of para-hydroxylation sites is 2. The molecule has 2 aromatic carbocycles. The SMILES string of the molecule is COc1ccccc1N1CCN(S(=O)(=O)c2cccc([N+](=O)[O-])c2C)CC1. The van der Waals surface area contributed by atoms with E-state index in [1.165, 1.54) is 29.4 Å². The van der Waals surface area contributed by atoms with Crippen molar-refractivity contribution in [2.45, 2.75) is 11.8 Å². The van der Waals surface area contributed by atoms with Crippen LogP contribution in [-0.4, -0.2) is 50.9 Å². The van der Waals surface area contributed by atoms with Crippen LogP contribution in [0.4, 0.5) is 11.4 Å². The van der Waals surface area contributed by atoms with Gasteiger partial charge in [-0.15, -0.1) is 0 Å². The number of anilines is 1. The second-order valence-corrected chi connectivity index (χ2v) is 8.13. The highest BCUT2D eigenvalue weighted by molar-refractivity contribution is 7.89. The standard InChI is InChI=1S/C18H21N3O5S/c1-14-15(21(22)23)7-5-9-18(14)27(24,25)20-12-10-19(11-13-20)16-6-3-4-8-17(16)26-2/h3-9H,10-13H2,1-2H3. The van der Waals surface area contributed by atoms with E-state index in [0.29, 0.717) is 26.2 Å². The van der Waals surface area contributed by atoms with Crippen molar-refractivity contribution in [1.29, 1.82) is 0 Å². The van der Waals surface area contributed by atoms with Crippen LogP contribution in [0.5, 0.6) is 5.75 Å². The van der Waals surface area contributed by atoms with Gasteiger partial charge in [0.25, 0.3) is 5.69 Å². The lowest BCUT2D eigenvalue weighted by atomic mass is 10.2. The van der Waals surface area contributed by atoms with E-state index in [-0.39, 0.29) is 16.1 Å². The van der Waals surface area contributed by atoms with Crippen molar-refractivity contribution in [2.24, 2.45) is 0 Å². The first-order valence-corrected chi connectivity index (χ1v) is 9.92. The molecule has 0 radical (unpaired) electrons. The van der Waals surface area contributed by atoms with E-state index >= 15 is 0 Å². The molecule has 1 aliphatic heterocycles. The van der Waals surface area contributed by atoms with Crippen molar-refractivity contribution in [3.63, 3.8) is 0 Å². The Labute approximate surface area is 158 Å². The molecule has 0 unspecified atom stereocenters. The normalized spacial score (nSPS) is 15.6. The van der Waals surface area contributed by atoms with E-state index in [2.05, 4.69) is 4.90 Å². The molecule has 0 amide bonds. The topological polar surface area (TPSA) is 93.0 Å². The minimum atomic E-state index is -3.80. The summed E-state index contributed by atoms with van der Waals surface area (Å²) < 4.78 is 32.8. The fourth-order valence-electron chi connectivity index (χ4n) is 3.28. The fourth-order valence-corrected chi connectivity index (χ4v) is 4.94. The quantitative estimate of drug-likeness (QED) is 0.574. The van der Waals surface area contributed by atoms with Gasteiger partial charge in [0.05, 0.1) is 22.6 Å². The number of nitro groups is 1. The van der Waals surface area contributed by atoms with Gasteiger partial charge in [-0.25, -0.2) is 8.42 Å². The molecule has 0 aliphatic carbocycles. The Hall–Kier alpha value is -2.65. The monoisotopic (exact) mass is 391 g/mol. The second kappa shape index (κ2) is 7.53. The van der Waals surface area contributed by atoms with Gasteiger partial charge in [0.1, 0.15) is 5.75 Å². The molecule has 0 N–H and O–H groups in total. The van der Waals surface area contributed by atoms with Crippen LogP contribution >= 0.6 is 0 Å². The first-order chi connectivity index (χ1) is 12.9. The highest BCUT2D eigenvalue weighted by atomic mass is 32.2. The minimum Gasteiger partial charge on any atom is -0.495 e. The summed E-state index contributed by atoms with van der Waals surface area (Å²) >= 11 is 0. The third-order valence-electron chi connectivity index (χ3n) is 4.73.